The van der Waals surface area contributed by atoms with Crippen LogP contribution < -0.4 is 10.1 Å². The van der Waals surface area contributed by atoms with Crippen molar-refractivity contribution < 1.29 is 14.6 Å². The van der Waals surface area contributed by atoms with Crippen LogP contribution in [0, 0.1) is 0 Å². The number of carbonyl (C=O) groups excluding carboxylic acids is 1. The predicted molar refractivity (Wildman–Crippen MR) is 112 cm³/mol. The van der Waals surface area contributed by atoms with E-state index in [1.165, 1.54) is 0 Å². The standard InChI is InChI=1S/C23H27N3O3/c1-5-15(12(3)27)13(4)29-23-16(6-2)19-14(11-25-23)7-8-17-20-18(26-21(17)19)9-10-24-22(20)28/h5,11-12,26-27H,4,6-10H2,1-3H3,(H,24,28)/b15-5-/t12-/m1/s1. The number of nitrogens with one attached hydrogen (secondary N) is 2. The van der Waals surface area contributed by atoms with Crippen LogP contribution >= 0.6 is 0 Å². The first-order valence-corrected chi connectivity index (χ1v) is 10.2. The zero-order valence-electron chi connectivity index (χ0n) is 17.2. The fourth-order valence-corrected chi connectivity index (χ4v) is 4.48. The summed E-state index contributed by atoms with van der Waals surface area (Å²) in [4.78, 5) is 20.6. The Hall–Kier alpha value is -2.86. The first-order valence-electron chi connectivity index (χ1n) is 10.2. The van der Waals surface area contributed by atoms with Crippen molar-refractivity contribution in [1.82, 2.24) is 15.3 Å². The Labute approximate surface area is 170 Å². The van der Waals surface area contributed by atoms with Crippen LogP contribution in [-0.4, -0.2) is 33.6 Å². The van der Waals surface area contributed by atoms with E-state index >= 15 is 0 Å². The summed E-state index contributed by atoms with van der Waals surface area (Å²) >= 11 is 0. The molecule has 1 amide bonds. The molecule has 0 aromatic carbocycles. The van der Waals surface area contributed by atoms with Gasteiger partial charge in [-0.25, -0.2) is 4.98 Å². The molecule has 0 radical (unpaired) electrons. The average molecular weight is 393 g/mol. The van der Waals surface area contributed by atoms with Crippen LogP contribution in [0.25, 0.3) is 11.3 Å². The van der Waals surface area contributed by atoms with Gasteiger partial charge >= 0.3 is 0 Å². The lowest BCUT2D eigenvalue weighted by molar-refractivity contribution is 0.0945. The molecule has 3 heterocycles. The predicted octanol–water partition coefficient (Wildman–Crippen LogP) is 3.24. The first kappa shape index (κ1) is 19.5. The number of amides is 1. The van der Waals surface area contributed by atoms with Gasteiger partial charge in [-0.1, -0.05) is 19.6 Å². The van der Waals surface area contributed by atoms with E-state index < -0.39 is 6.10 Å². The molecule has 2 aromatic heterocycles. The normalized spacial score (nSPS) is 16.4. The molecule has 3 N–H and O–H groups in total. The Morgan fingerprint density at radius 2 is 2.17 bits per heavy atom. The molecule has 0 saturated carbocycles. The fourth-order valence-electron chi connectivity index (χ4n) is 4.48. The van der Waals surface area contributed by atoms with Crippen LogP contribution in [0.4, 0.5) is 0 Å². The van der Waals surface area contributed by atoms with Crippen molar-refractivity contribution >= 4 is 5.91 Å². The fraction of sp³-hybridized carbons (Fsp3) is 0.391. The zero-order valence-corrected chi connectivity index (χ0v) is 17.2. The number of carbonyl (C=O) groups is 1. The van der Waals surface area contributed by atoms with E-state index in [9.17, 15) is 9.90 Å². The minimum absolute atomic E-state index is 0.0128. The van der Waals surface area contributed by atoms with E-state index in [1.54, 1.807) is 13.0 Å². The molecule has 152 valence electrons. The van der Waals surface area contributed by atoms with Crippen molar-refractivity contribution in [3.8, 4) is 17.1 Å². The summed E-state index contributed by atoms with van der Waals surface area (Å²) in [6.07, 6.45) is 6.20. The monoisotopic (exact) mass is 393 g/mol. The third-order valence-electron chi connectivity index (χ3n) is 5.84. The highest BCUT2D eigenvalue weighted by Gasteiger charge is 2.31. The van der Waals surface area contributed by atoms with Crippen LogP contribution in [-0.2, 0) is 25.7 Å². The summed E-state index contributed by atoms with van der Waals surface area (Å²) in [5.74, 6) is 0.908. The molecule has 0 bridgehead atoms. The molecule has 1 atom stereocenters. The van der Waals surface area contributed by atoms with Gasteiger partial charge in [0.05, 0.1) is 17.4 Å². The molecule has 1 aliphatic heterocycles. The molecule has 0 saturated heterocycles. The maximum Gasteiger partial charge on any atom is 0.253 e. The van der Waals surface area contributed by atoms with Crippen molar-refractivity contribution in [2.24, 2.45) is 0 Å². The first-order chi connectivity index (χ1) is 14.0. The smallest absolute Gasteiger partial charge is 0.253 e. The van der Waals surface area contributed by atoms with Gasteiger partial charge in [0.1, 0.15) is 5.76 Å². The number of pyridine rings is 1. The zero-order chi connectivity index (χ0) is 20.7. The van der Waals surface area contributed by atoms with E-state index in [0.717, 1.165) is 64.9 Å². The molecule has 6 heteroatoms. The van der Waals surface area contributed by atoms with Gasteiger partial charge in [0.15, 0.2) is 0 Å². The summed E-state index contributed by atoms with van der Waals surface area (Å²) in [5.41, 5.74) is 7.82. The van der Waals surface area contributed by atoms with Gasteiger partial charge < -0.3 is 20.1 Å². The molecule has 1 aliphatic carbocycles. The van der Waals surface area contributed by atoms with E-state index in [0.29, 0.717) is 23.8 Å². The summed E-state index contributed by atoms with van der Waals surface area (Å²) in [6, 6.07) is 0. The Balaban J connectivity index is 1.81. The topological polar surface area (TPSA) is 87.2 Å². The minimum atomic E-state index is -0.671. The SMILES string of the molecule is C=C(Oc1ncc2c(c1CC)-c1[nH]c3c(c1CC2)C(=O)NCC3)/C(=C\C)[C@@H](C)O. The summed E-state index contributed by atoms with van der Waals surface area (Å²) in [5, 5.41) is 12.9. The maximum absolute atomic E-state index is 12.5. The van der Waals surface area contributed by atoms with E-state index in [2.05, 4.69) is 28.8 Å². The molecular formula is C23H27N3O3. The van der Waals surface area contributed by atoms with Crippen LogP contribution in [0.15, 0.2) is 30.2 Å². The van der Waals surface area contributed by atoms with Crippen LogP contribution in [0.2, 0.25) is 0 Å². The number of rotatable bonds is 5. The molecule has 6 nitrogen and oxygen atoms in total. The number of nitrogens with zero attached hydrogens (tertiary/aromatic N) is 1. The maximum atomic E-state index is 12.5. The highest BCUT2D eigenvalue weighted by molar-refractivity contribution is 6.00. The largest absolute Gasteiger partial charge is 0.439 e. The number of aromatic nitrogens is 2. The Morgan fingerprint density at radius 3 is 2.86 bits per heavy atom. The lowest BCUT2D eigenvalue weighted by atomic mass is 9.85. The number of H-pyrrole nitrogens is 1. The third kappa shape index (κ3) is 3.17. The molecule has 0 spiro atoms. The van der Waals surface area contributed by atoms with Crippen molar-refractivity contribution in [1.29, 1.82) is 0 Å². The second-order valence-corrected chi connectivity index (χ2v) is 7.58. The lowest BCUT2D eigenvalue weighted by Crippen LogP contribution is -2.32. The number of aliphatic hydroxyl groups excluding tert-OH is 1. The Bertz CT molecular complexity index is 1030. The summed E-state index contributed by atoms with van der Waals surface area (Å²) in [6.45, 7) is 10.3. The van der Waals surface area contributed by atoms with Crippen LogP contribution in [0.5, 0.6) is 5.88 Å². The number of hydrogen-bond donors (Lipinski definition) is 3. The van der Waals surface area contributed by atoms with Gasteiger partial charge in [0, 0.05) is 41.6 Å². The molecule has 29 heavy (non-hydrogen) atoms. The number of aromatic amines is 1. The van der Waals surface area contributed by atoms with Crippen molar-refractivity contribution in [3.63, 3.8) is 0 Å². The summed E-state index contributed by atoms with van der Waals surface area (Å²) < 4.78 is 6.03. The van der Waals surface area contributed by atoms with Crippen LogP contribution in [0.1, 0.15) is 53.5 Å². The second-order valence-electron chi connectivity index (χ2n) is 7.58. The van der Waals surface area contributed by atoms with Gasteiger partial charge in [0.2, 0.25) is 5.88 Å². The number of aryl methyl sites for hydroxylation is 1. The molecule has 2 aliphatic rings. The number of hydrogen-bond acceptors (Lipinski definition) is 4. The number of aliphatic hydroxyl groups is 1. The van der Waals surface area contributed by atoms with Gasteiger partial charge in [0.25, 0.3) is 5.91 Å². The molecule has 0 fully saturated rings. The van der Waals surface area contributed by atoms with Crippen molar-refractivity contribution in [2.75, 3.05) is 6.54 Å². The number of fused-ring (bicyclic) bond motifs is 5. The molecule has 2 aromatic rings. The van der Waals surface area contributed by atoms with Crippen molar-refractivity contribution in [3.05, 3.63) is 58.1 Å². The van der Waals surface area contributed by atoms with Gasteiger partial charge in [-0.15, -0.1) is 0 Å². The Kier molecular flexibility index (Phi) is 5.04. The Morgan fingerprint density at radius 1 is 1.38 bits per heavy atom. The van der Waals surface area contributed by atoms with Crippen LogP contribution in [0.3, 0.4) is 0 Å². The van der Waals surface area contributed by atoms with E-state index in [4.69, 9.17) is 4.74 Å². The number of allylic oxidation sites excluding steroid dienone is 1. The molecular weight excluding hydrogens is 366 g/mol. The molecule has 4 rings (SSSR count). The quantitative estimate of drug-likeness (QED) is 0.538. The average Bonchev–Trinajstić information content (AvgIpc) is 3.08. The van der Waals surface area contributed by atoms with Gasteiger partial charge in [-0.05, 0) is 44.2 Å². The molecule has 0 unspecified atom stereocenters. The van der Waals surface area contributed by atoms with Gasteiger partial charge in [-0.2, -0.15) is 0 Å². The van der Waals surface area contributed by atoms with Crippen molar-refractivity contribution in [2.45, 2.75) is 52.6 Å². The summed E-state index contributed by atoms with van der Waals surface area (Å²) in [7, 11) is 0. The van der Waals surface area contributed by atoms with E-state index in [-0.39, 0.29) is 5.91 Å². The van der Waals surface area contributed by atoms with E-state index in [1.807, 2.05) is 13.1 Å². The third-order valence-corrected chi connectivity index (χ3v) is 5.84. The van der Waals surface area contributed by atoms with Gasteiger partial charge in [-0.3, -0.25) is 4.79 Å². The lowest BCUT2D eigenvalue weighted by Gasteiger charge is -2.23. The second kappa shape index (κ2) is 7.52. The number of ether oxygens (including phenoxy) is 1. The highest BCUT2D eigenvalue weighted by Crippen LogP contribution is 2.41. The highest BCUT2D eigenvalue weighted by atomic mass is 16.5. The minimum Gasteiger partial charge on any atom is -0.439 e.